The summed E-state index contributed by atoms with van der Waals surface area (Å²) in [6.07, 6.45) is 5.42. The van der Waals surface area contributed by atoms with E-state index in [1.165, 1.54) is 0 Å². The average molecular weight is 169 g/mol. The molecular formula is C10H7N3. The number of aromatic amines is 1. The van der Waals surface area contributed by atoms with Crippen molar-refractivity contribution >= 4 is 21.9 Å². The molecule has 0 atom stereocenters. The summed E-state index contributed by atoms with van der Waals surface area (Å²) >= 11 is 0. The Morgan fingerprint density at radius 1 is 1.08 bits per heavy atom. The summed E-state index contributed by atoms with van der Waals surface area (Å²) in [4.78, 5) is 11.5. The zero-order valence-corrected chi connectivity index (χ0v) is 6.86. The maximum Gasteiger partial charge on any atom is 0.138 e. The van der Waals surface area contributed by atoms with E-state index in [0.29, 0.717) is 0 Å². The molecule has 13 heavy (non-hydrogen) atoms. The zero-order valence-electron chi connectivity index (χ0n) is 6.86. The first-order valence-electron chi connectivity index (χ1n) is 4.11. The van der Waals surface area contributed by atoms with Crippen LogP contribution in [0, 0.1) is 0 Å². The second-order valence-corrected chi connectivity index (χ2v) is 2.95. The summed E-state index contributed by atoms with van der Waals surface area (Å²) in [5.41, 5.74) is 2.01. The molecule has 3 heteroatoms. The Labute approximate surface area is 74.4 Å². The number of H-pyrrole nitrogens is 1. The quantitative estimate of drug-likeness (QED) is 0.560. The third-order valence-corrected chi connectivity index (χ3v) is 2.17. The third-order valence-electron chi connectivity index (χ3n) is 2.17. The van der Waals surface area contributed by atoms with Crippen LogP contribution in [0.1, 0.15) is 0 Å². The molecule has 0 spiro atoms. The molecule has 0 aliphatic carbocycles. The lowest BCUT2D eigenvalue weighted by molar-refractivity contribution is 1.33. The number of hydrogen-bond donors (Lipinski definition) is 1. The van der Waals surface area contributed by atoms with Crippen molar-refractivity contribution < 1.29 is 0 Å². The largest absolute Gasteiger partial charge is 0.339 e. The fourth-order valence-electron chi connectivity index (χ4n) is 1.57. The van der Waals surface area contributed by atoms with Gasteiger partial charge < -0.3 is 4.98 Å². The van der Waals surface area contributed by atoms with Gasteiger partial charge in [0.2, 0.25) is 0 Å². The molecular weight excluding hydrogens is 162 g/mol. The van der Waals surface area contributed by atoms with Crippen molar-refractivity contribution in [2.45, 2.75) is 0 Å². The number of nitrogens with one attached hydrogen (secondary N) is 1. The number of hydrogen-bond acceptors (Lipinski definition) is 2. The van der Waals surface area contributed by atoms with E-state index in [1.54, 1.807) is 12.4 Å². The number of pyridine rings is 2. The van der Waals surface area contributed by atoms with Crippen molar-refractivity contribution in [3.8, 4) is 0 Å². The van der Waals surface area contributed by atoms with Crippen molar-refractivity contribution in [2.75, 3.05) is 0 Å². The molecule has 0 fully saturated rings. The van der Waals surface area contributed by atoms with Crippen molar-refractivity contribution in [1.29, 1.82) is 0 Å². The maximum atomic E-state index is 4.24. The standard InChI is InChI=1S/C10H7N3/c1-2-7-8-6-11-5-3-9(8)13-10(7)12-4-1/h1-6H,(H,12,13). The smallest absolute Gasteiger partial charge is 0.138 e. The lowest BCUT2D eigenvalue weighted by atomic mass is 10.2. The molecule has 0 saturated carbocycles. The van der Waals surface area contributed by atoms with Gasteiger partial charge in [0.05, 0.1) is 5.52 Å². The van der Waals surface area contributed by atoms with E-state index in [1.807, 2.05) is 24.4 Å². The van der Waals surface area contributed by atoms with Crippen molar-refractivity contribution in [3.63, 3.8) is 0 Å². The van der Waals surface area contributed by atoms with Gasteiger partial charge in [0, 0.05) is 29.4 Å². The summed E-state index contributed by atoms with van der Waals surface area (Å²) in [6.45, 7) is 0. The molecule has 0 bridgehead atoms. The highest BCUT2D eigenvalue weighted by Gasteiger charge is 2.02. The minimum Gasteiger partial charge on any atom is -0.339 e. The SMILES string of the molecule is c1cnc2[nH]c3ccncc3c2c1. The van der Waals surface area contributed by atoms with E-state index in [4.69, 9.17) is 0 Å². The molecule has 0 aliphatic rings. The molecule has 3 rings (SSSR count). The Morgan fingerprint density at radius 2 is 2.08 bits per heavy atom. The number of fused-ring (bicyclic) bond motifs is 3. The average Bonchev–Trinajstić information content (AvgIpc) is 2.56. The van der Waals surface area contributed by atoms with E-state index < -0.39 is 0 Å². The molecule has 0 aliphatic heterocycles. The molecule has 0 amide bonds. The minimum absolute atomic E-state index is 0.922. The lowest BCUT2D eigenvalue weighted by Crippen LogP contribution is -1.71. The van der Waals surface area contributed by atoms with Crippen LogP contribution >= 0.6 is 0 Å². The Hall–Kier alpha value is -1.90. The van der Waals surface area contributed by atoms with Gasteiger partial charge in [0.25, 0.3) is 0 Å². The van der Waals surface area contributed by atoms with Gasteiger partial charge in [-0.05, 0) is 18.2 Å². The van der Waals surface area contributed by atoms with Crippen LogP contribution in [0.3, 0.4) is 0 Å². The first kappa shape index (κ1) is 6.60. The van der Waals surface area contributed by atoms with Gasteiger partial charge in [-0.25, -0.2) is 4.98 Å². The van der Waals surface area contributed by atoms with Crippen LogP contribution in [0.15, 0.2) is 36.8 Å². The molecule has 3 aromatic heterocycles. The molecule has 3 aromatic rings. The number of rotatable bonds is 0. The highest BCUT2D eigenvalue weighted by molar-refractivity contribution is 6.05. The lowest BCUT2D eigenvalue weighted by Gasteiger charge is -1.86. The second kappa shape index (κ2) is 2.29. The van der Waals surface area contributed by atoms with Crippen LogP contribution in [0.5, 0.6) is 0 Å². The van der Waals surface area contributed by atoms with Crippen LogP contribution in [-0.2, 0) is 0 Å². The first-order chi connectivity index (χ1) is 6.45. The number of nitrogens with zero attached hydrogens (tertiary/aromatic N) is 2. The van der Waals surface area contributed by atoms with Gasteiger partial charge in [-0.1, -0.05) is 0 Å². The van der Waals surface area contributed by atoms with Gasteiger partial charge >= 0.3 is 0 Å². The first-order valence-corrected chi connectivity index (χ1v) is 4.11. The Bertz CT molecular complexity index is 518. The molecule has 0 saturated heterocycles. The van der Waals surface area contributed by atoms with Crippen molar-refractivity contribution in [3.05, 3.63) is 36.8 Å². The van der Waals surface area contributed by atoms with Crippen LogP contribution in [0.4, 0.5) is 0 Å². The van der Waals surface area contributed by atoms with Gasteiger partial charge in [0.15, 0.2) is 0 Å². The van der Waals surface area contributed by atoms with Crippen LogP contribution < -0.4 is 0 Å². The minimum atomic E-state index is 0.922. The fraction of sp³-hybridized carbons (Fsp3) is 0. The highest BCUT2D eigenvalue weighted by Crippen LogP contribution is 2.21. The molecule has 0 aromatic carbocycles. The van der Waals surface area contributed by atoms with E-state index in [9.17, 15) is 0 Å². The van der Waals surface area contributed by atoms with E-state index in [2.05, 4.69) is 15.0 Å². The highest BCUT2D eigenvalue weighted by atomic mass is 14.8. The normalized spacial score (nSPS) is 11.1. The second-order valence-electron chi connectivity index (χ2n) is 2.95. The molecule has 62 valence electrons. The van der Waals surface area contributed by atoms with Crippen LogP contribution in [0.2, 0.25) is 0 Å². The summed E-state index contributed by atoms with van der Waals surface area (Å²) in [6, 6.07) is 5.93. The Morgan fingerprint density at radius 3 is 3.08 bits per heavy atom. The van der Waals surface area contributed by atoms with Crippen LogP contribution in [-0.4, -0.2) is 15.0 Å². The monoisotopic (exact) mass is 169 g/mol. The fourth-order valence-corrected chi connectivity index (χ4v) is 1.57. The topological polar surface area (TPSA) is 41.6 Å². The Kier molecular flexibility index (Phi) is 1.16. The summed E-state index contributed by atoms with van der Waals surface area (Å²) in [7, 11) is 0. The Balaban J connectivity index is 2.64. The summed E-state index contributed by atoms with van der Waals surface area (Å²) in [5, 5.41) is 2.26. The van der Waals surface area contributed by atoms with E-state index in [0.717, 1.165) is 21.9 Å². The molecule has 3 heterocycles. The van der Waals surface area contributed by atoms with E-state index in [-0.39, 0.29) is 0 Å². The maximum absolute atomic E-state index is 4.24. The van der Waals surface area contributed by atoms with Gasteiger partial charge in [0.1, 0.15) is 5.65 Å². The molecule has 3 nitrogen and oxygen atoms in total. The molecule has 0 radical (unpaired) electrons. The summed E-state index contributed by atoms with van der Waals surface area (Å²) < 4.78 is 0. The predicted molar refractivity (Wildman–Crippen MR) is 51.4 cm³/mol. The predicted octanol–water partition coefficient (Wildman–Crippen LogP) is 2.11. The van der Waals surface area contributed by atoms with Crippen LogP contribution in [0.25, 0.3) is 21.9 Å². The zero-order chi connectivity index (χ0) is 8.67. The van der Waals surface area contributed by atoms with Gasteiger partial charge in [-0.15, -0.1) is 0 Å². The van der Waals surface area contributed by atoms with Gasteiger partial charge in [-0.3, -0.25) is 4.98 Å². The van der Waals surface area contributed by atoms with Crippen molar-refractivity contribution in [2.24, 2.45) is 0 Å². The molecule has 1 N–H and O–H groups in total. The number of aromatic nitrogens is 3. The van der Waals surface area contributed by atoms with E-state index >= 15 is 0 Å². The third kappa shape index (κ3) is 0.839. The molecule has 0 unspecified atom stereocenters. The summed E-state index contributed by atoms with van der Waals surface area (Å²) in [5.74, 6) is 0. The van der Waals surface area contributed by atoms with Crippen molar-refractivity contribution in [1.82, 2.24) is 15.0 Å². The van der Waals surface area contributed by atoms with Gasteiger partial charge in [-0.2, -0.15) is 0 Å².